The number of rotatable bonds is 5. The molecule has 0 spiro atoms. The van der Waals surface area contributed by atoms with Gasteiger partial charge >= 0.3 is 0 Å². The lowest BCUT2D eigenvalue weighted by Gasteiger charge is -2.33. The predicted octanol–water partition coefficient (Wildman–Crippen LogP) is 4.55. The number of piperidine rings is 2. The Balaban J connectivity index is 1.57. The number of fused-ring (bicyclic) bond motifs is 1. The Bertz CT molecular complexity index is 984. The fourth-order valence-electron chi connectivity index (χ4n) is 4.82. The van der Waals surface area contributed by atoms with E-state index >= 15 is 0 Å². The highest BCUT2D eigenvalue weighted by molar-refractivity contribution is 7.17. The quantitative estimate of drug-likeness (QED) is 0.654. The maximum Gasteiger partial charge on any atom is 0.146 e. The van der Waals surface area contributed by atoms with Crippen LogP contribution in [0.1, 0.15) is 37.9 Å². The lowest BCUT2D eigenvalue weighted by Crippen LogP contribution is -2.38. The van der Waals surface area contributed by atoms with E-state index in [-0.39, 0.29) is 6.61 Å². The Morgan fingerprint density at radius 2 is 1.83 bits per heavy atom. The van der Waals surface area contributed by atoms with Crippen LogP contribution in [0.25, 0.3) is 21.3 Å². The van der Waals surface area contributed by atoms with E-state index < -0.39 is 0 Å². The molecule has 5 nitrogen and oxygen atoms in total. The first-order valence-electron chi connectivity index (χ1n) is 11.2. The number of anilines is 1. The zero-order valence-corrected chi connectivity index (χ0v) is 18.3. The van der Waals surface area contributed by atoms with Crippen LogP contribution >= 0.6 is 11.3 Å². The first-order valence-corrected chi connectivity index (χ1v) is 12.1. The van der Waals surface area contributed by atoms with Crippen molar-refractivity contribution in [1.82, 2.24) is 14.9 Å². The molecule has 0 bridgehead atoms. The maximum atomic E-state index is 9.77. The molecule has 0 radical (unpaired) electrons. The molecule has 0 saturated carbocycles. The molecule has 158 valence electrons. The Kier molecular flexibility index (Phi) is 5.97. The second kappa shape index (κ2) is 9.00. The summed E-state index contributed by atoms with van der Waals surface area (Å²) in [6, 6.07) is 10.6. The fourth-order valence-corrected chi connectivity index (χ4v) is 5.78. The zero-order chi connectivity index (χ0) is 20.3. The van der Waals surface area contributed by atoms with Crippen molar-refractivity contribution in [3.05, 3.63) is 41.5 Å². The molecule has 1 aromatic carbocycles. The second-order valence-electron chi connectivity index (χ2n) is 8.63. The third-order valence-corrected chi connectivity index (χ3v) is 7.31. The summed E-state index contributed by atoms with van der Waals surface area (Å²) in [6.45, 7) is 5.24. The number of aromatic nitrogens is 2. The van der Waals surface area contributed by atoms with Gasteiger partial charge in [-0.15, -0.1) is 11.3 Å². The largest absolute Gasteiger partial charge is 0.396 e. The van der Waals surface area contributed by atoms with Crippen molar-refractivity contribution in [3.63, 3.8) is 0 Å². The number of hydrogen-bond acceptors (Lipinski definition) is 6. The van der Waals surface area contributed by atoms with E-state index in [4.69, 9.17) is 9.97 Å². The molecule has 2 aromatic heterocycles. The minimum Gasteiger partial charge on any atom is -0.396 e. The van der Waals surface area contributed by atoms with Crippen LogP contribution in [0.5, 0.6) is 0 Å². The molecule has 1 atom stereocenters. The minimum atomic E-state index is 0.251. The average Bonchev–Trinajstić information content (AvgIpc) is 3.24. The first kappa shape index (κ1) is 19.9. The highest BCUT2D eigenvalue weighted by atomic mass is 32.1. The SMILES string of the molecule is OC[C@@H]1CCCN(c2nc(CN3CCCCC3)nc3scc(-c4ccccc4)c23)C1. The summed E-state index contributed by atoms with van der Waals surface area (Å²) in [7, 11) is 0. The number of nitrogens with zero attached hydrogens (tertiary/aromatic N) is 4. The summed E-state index contributed by atoms with van der Waals surface area (Å²) in [4.78, 5) is 16.1. The molecule has 2 fully saturated rings. The van der Waals surface area contributed by atoms with Gasteiger partial charge in [-0.2, -0.15) is 0 Å². The van der Waals surface area contributed by atoms with Crippen LogP contribution in [-0.4, -0.2) is 52.8 Å². The van der Waals surface area contributed by atoms with Gasteiger partial charge in [0.1, 0.15) is 16.5 Å². The number of benzene rings is 1. The van der Waals surface area contributed by atoms with Crippen molar-refractivity contribution in [2.24, 2.45) is 5.92 Å². The molecule has 2 aliphatic rings. The van der Waals surface area contributed by atoms with Crippen molar-refractivity contribution in [1.29, 1.82) is 0 Å². The molecule has 4 heterocycles. The summed E-state index contributed by atoms with van der Waals surface area (Å²) in [5, 5.41) is 13.2. The molecule has 6 heteroatoms. The van der Waals surface area contributed by atoms with Gasteiger partial charge in [-0.3, -0.25) is 4.90 Å². The van der Waals surface area contributed by atoms with Gasteiger partial charge in [-0.1, -0.05) is 36.8 Å². The molecule has 2 aliphatic heterocycles. The molecule has 0 amide bonds. The summed E-state index contributed by atoms with van der Waals surface area (Å²) in [5.74, 6) is 2.32. The van der Waals surface area contributed by atoms with Crippen molar-refractivity contribution in [2.45, 2.75) is 38.6 Å². The minimum absolute atomic E-state index is 0.251. The van der Waals surface area contributed by atoms with Crippen LogP contribution in [0.15, 0.2) is 35.7 Å². The van der Waals surface area contributed by atoms with E-state index in [0.717, 1.165) is 62.0 Å². The molecule has 30 heavy (non-hydrogen) atoms. The van der Waals surface area contributed by atoms with Crippen LogP contribution in [0.2, 0.25) is 0 Å². The summed E-state index contributed by atoms with van der Waals surface area (Å²) < 4.78 is 0. The molecule has 5 rings (SSSR count). The van der Waals surface area contributed by atoms with Gasteiger partial charge in [0, 0.05) is 30.6 Å². The monoisotopic (exact) mass is 422 g/mol. The molecule has 2 saturated heterocycles. The van der Waals surface area contributed by atoms with E-state index in [0.29, 0.717) is 5.92 Å². The summed E-state index contributed by atoms with van der Waals surface area (Å²) >= 11 is 1.72. The summed E-state index contributed by atoms with van der Waals surface area (Å²) in [6.07, 6.45) is 6.08. The smallest absolute Gasteiger partial charge is 0.146 e. The third kappa shape index (κ3) is 4.09. The number of likely N-dealkylation sites (tertiary alicyclic amines) is 1. The third-order valence-electron chi connectivity index (χ3n) is 6.44. The molecule has 3 aromatic rings. The van der Waals surface area contributed by atoms with Gasteiger partial charge < -0.3 is 10.0 Å². The molecular formula is C24H30N4OS. The van der Waals surface area contributed by atoms with Gasteiger partial charge in [0.05, 0.1) is 11.9 Å². The topological polar surface area (TPSA) is 52.5 Å². The lowest BCUT2D eigenvalue weighted by atomic mass is 9.98. The van der Waals surface area contributed by atoms with Gasteiger partial charge in [0.15, 0.2) is 0 Å². The fraction of sp³-hybridized carbons (Fsp3) is 0.500. The van der Waals surface area contributed by atoms with Crippen LogP contribution in [0, 0.1) is 5.92 Å². The second-order valence-corrected chi connectivity index (χ2v) is 9.49. The first-order chi connectivity index (χ1) is 14.8. The highest BCUT2D eigenvalue weighted by Gasteiger charge is 2.25. The summed E-state index contributed by atoms with van der Waals surface area (Å²) in [5.41, 5.74) is 2.44. The zero-order valence-electron chi connectivity index (χ0n) is 17.5. The normalized spacial score (nSPS) is 20.7. The van der Waals surface area contributed by atoms with Gasteiger partial charge in [-0.25, -0.2) is 9.97 Å². The van der Waals surface area contributed by atoms with E-state index in [2.05, 4.69) is 45.5 Å². The van der Waals surface area contributed by atoms with E-state index in [1.165, 1.54) is 35.8 Å². The van der Waals surface area contributed by atoms with Crippen LogP contribution < -0.4 is 4.90 Å². The van der Waals surface area contributed by atoms with Crippen LogP contribution in [-0.2, 0) is 6.54 Å². The number of thiophene rings is 1. The van der Waals surface area contributed by atoms with E-state index in [1.54, 1.807) is 11.3 Å². The highest BCUT2D eigenvalue weighted by Crippen LogP contribution is 2.39. The van der Waals surface area contributed by atoms with Crippen molar-refractivity contribution >= 4 is 27.4 Å². The van der Waals surface area contributed by atoms with E-state index in [1.807, 2.05) is 0 Å². The standard InChI is InChI=1S/C24H30N4OS/c29-16-18-8-7-13-28(14-18)23-22-20(19-9-3-1-4-10-19)17-30-24(22)26-21(25-23)15-27-11-5-2-6-12-27/h1,3-4,9-10,17-18,29H,2,5-8,11-16H2/t18-/m1/s1. The Hall–Kier alpha value is -2.02. The molecule has 0 aliphatic carbocycles. The Labute approximate surface area is 182 Å². The molecule has 0 unspecified atom stereocenters. The predicted molar refractivity (Wildman–Crippen MR) is 124 cm³/mol. The number of aliphatic hydroxyl groups excluding tert-OH is 1. The van der Waals surface area contributed by atoms with Gasteiger partial charge in [0.2, 0.25) is 0 Å². The maximum absolute atomic E-state index is 9.77. The molecular weight excluding hydrogens is 392 g/mol. The van der Waals surface area contributed by atoms with Gasteiger partial charge in [0.25, 0.3) is 0 Å². The van der Waals surface area contributed by atoms with Crippen LogP contribution in [0.4, 0.5) is 5.82 Å². The van der Waals surface area contributed by atoms with Crippen molar-refractivity contribution in [3.8, 4) is 11.1 Å². The van der Waals surface area contributed by atoms with Crippen molar-refractivity contribution < 1.29 is 5.11 Å². The average molecular weight is 423 g/mol. The van der Waals surface area contributed by atoms with Gasteiger partial charge in [-0.05, 0) is 50.3 Å². The van der Waals surface area contributed by atoms with Crippen LogP contribution in [0.3, 0.4) is 0 Å². The van der Waals surface area contributed by atoms with E-state index in [9.17, 15) is 5.11 Å². The lowest BCUT2D eigenvalue weighted by molar-refractivity contribution is 0.208. The van der Waals surface area contributed by atoms with Crippen molar-refractivity contribution in [2.75, 3.05) is 37.7 Å². The Morgan fingerprint density at radius 1 is 1.00 bits per heavy atom. The Morgan fingerprint density at radius 3 is 2.63 bits per heavy atom. The number of hydrogen-bond donors (Lipinski definition) is 1. The molecule has 1 N–H and O–H groups in total. The number of aliphatic hydroxyl groups is 1.